The molecular formula is C28H46N4. The zero-order valence-corrected chi connectivity index (χ0v) is 20.4. The molecule has 0 aliphatic heterocycles. The summed E-state index contributed by atoms with van der Waals surface area (Å²) in [5.41, 5.74) is 2.26. The first-order valence-corrected chi connectivity index (χ1v) is 14.0. The summed E-state index contributed by atoms with van der Waals surface area (Å²) in [5, 5.41) is 3.72. The predicted molar refractivity (Wildman–Crippen MR) is 135 cm³/mol. The molecule has 1 N–H and O–H groups in total. The van der Waals surface area contributed by atoms with Gasteiger partial charge in [0.25, 0.3) is 0 Å². The van der Waals surface area contributed by atoms with Crippen LogP contribution in [0, 0.1) is 5.92 Å². The number of hydrogen-bond donors (Lipinski definition) is 1. The van der Waals surface area contributed by atoms with Crippen molar-refractivity contribution < 1.29 is 0 Å². The quantitative estimate of drug-likeness (QED) is 0.510. The highest BCUT2D eigenvalue weighted by Crippen LogP contribution is 2.31. The molecule has 4 heteroatoms. The maximum Gasteiger partial charge on any atom is 0.180 e. The van der Waals surface area contributed by atoms with Crippen LogP contribution in [-0.4, -0.2) is 20.9 Å². The number of aromatic nitrogens is 3. The van der Waals surface area contributed by atoms with Crippen LogP contribution >= 0.6 is 0 Å². The third-order valence-corrected chi connectivity index (χ3v) is 7.99. The molecule has 2 aliphatic rings. The lowest BCUT2D eigenvalue weighted by molar-refractivity contribution is 0.375. The minimum atomic E-state index is 0.596. The van der Waals surface area contributed by atoms with Crippen LogP contribution in [0.5, 0.6) is 0 Å². The summed E-state index contributed by atoms with van der Waals surface area (Å²) in [7, 11) is 0. The molecule has 2 aromatic heterocycles. The second kappa shape index (κ2) is 13.2. The van der Waals surface area contributed by atoms with Crippen molar-refractivity contribution in [1.29, 1.82) is 0 Å². The highest BCUT2D eigenvalue weighted by molar-refractivity contribution is 5.62. The molecule has 0 aromatic carbocycles. The molecule has 0 amide bonds. The van der Waals surface area contributed by atoms with E-state index in [2.05, 4.69) is 27.1 Å². The summed E-state index contributed by atoms with van der Waals surface area (Å²) in [5.74, 6) is 2.47. The van der Waals surface area contributed by atoms with E-state index in [1.807, 2.05) is 6.20 Å². The molecule has 4 nitrogen and oxygen atoms in total. The Morgan fingerprint density at radius 1 is 0.750 bits per heavy atom. The van der Waals surface area contributed by atoms with Crippen molar-refractivity contribution in [2.75, 3.05) is 11.9 Å². The van der Waals surface area contributed by atoms with Gasteiger partial charge < -0.3 is 9.72 Å². The van der Waals surface area contributed by atoms with Gasteiger partial charge in [0.15, 0.2) is 11.5 Å². The lowest BCUT2D eigenvalue weighted by Crippen LogP contribution is -2.13. The molecule has 0 spiro atoms. The van der Waals surface area contributed by atoms with E-state index in [0.29, 0.717) is 5.92 Å². The van der Waals surface area contributed by atoms with E-state index in [1.165, 1.54) is 128 Å². The van der Waals surface area contributed by atoms with E-state index in [1.54, 1.807) is 0 Å². The van der Waals surface area contributed by atoms with Crippen LogP contribution < -0.4 is 5.32 Å². The third kappa shape index (κ3) is 7.22. The Hall–Kier alpha value is -1.58. The molecular weight excluding hydrogens is 392 g/mol. The van der Waals surface area contributed by atoms with Crippen molar-refractivity contribution in [2.45, 2.75) is 128 Å². The first kappa shape index (κ1) is 23.6. The van der Waals surface area contributed by atoms with Crippen molar-refractivity contribution in [3.63, 3.8) is 0 Å². The van der Waals surface area contributed by atoms with Gasteiger partial charge in [-0.2, -0.15) is 0 Å². The van der Waals surface area contributed by atoms with E-state index >= 15 is 0 Å². The van der Waals surface area contributed by atoms with Crippen LogP contribution in [0.3, 0.4) is 0 Å². The van der Waals surface area contributed by atoms with Gasteiger partial charge in [0.1, 0.15) is 0 Å². The summed E-state index contributed by atoms with van der Waals surface area (Å²) in [6.07, 6.45) is 32.7. The molecule has 178 valence electrons. The Balaban J connectivity index is 1.39. The van der Waals surface area contributed by atoms with Crippen LogP contribution in [0.4, 0.5) is 5.82 Å². The normalized spacial score (nSPS) is 21.4. The van der Waals surface area contributed by atoms with Gasteiger partial charge in [0.05, 0.1) is 5.69 Å². The fourth-order valence-electron chi connectivity index (χ4n) is 5.95. The monoisotopic (exact) mass is 438 g/mol. The summed E-state index contributed by atoms with van der Waals surface area (Å²) < 4.78 is 2.20. The second-order valence-corrected chi connectivity index (χ2v) is 10.6. The molecule has 4 rings (SSSR count). The molecule has 0 atom stereocenters. The third-order valence-electron chi connectivity index (χ3n) is 7.99. The maximum atomic E-state index is 5.17. The maximum absolute atomic E-state index is 5.17. The number of nitrogens with one attached hydrogen (secondary N) is 1. The predicted octanol–water partition coefficient (Wildman–Crippen LogP) is 8.28. The molecule has 32 heavy (non-hydrogen) atoms. The number of anilines is 1. The number of fused-ring (bicyclic) bond motifs is 1. The van der Waals surface area contributed by atoms with Gasteiger partial charge in [-0.3, -0.25) is 0 Å². The highest BCUT2D eigenvalue weighted by Gasteiger charge is 2.18. The molecule has 2 heterocycles. The lowest BCUT2D eigenvalue weighted by atomic mass is 9.90. The van der Waals surface area contributed by atoms with Gasteiger partial charge in [-0.05, 0) is 25.2 Å². The fourth-order valence-corrected chi connectivity index (χ4v) is 5.95. The Bertz CT molecular complexity index is 763. The number of nitrogens with zero attached hydrogens (tertiary/aromatic N) is 3. The molecule has 2 aliphatic carbocycles. The standard InChI is InChI=1S/C28H46N4/c1-3-7-11-15-24(16-12-8-4-1)19-20-29-27-28-30-21-22-32(28)23-26(31-27)25-17-13-9-5-2-6-10-14-18-25/h21-25H,1-20H2,(H,29,31). The van der Waals surface area contributed by atoms with Gasteiger partial charge in [-0.15, -0.1) is 0 Å². The lowest BCUT2D eigenvalue weighted by Gasteiger charge is -2.21. The number of hydrogen-bond acceptors (Lipinski definition) is 3. The fraction of sp³-hybridized carbons (Fsp3) is 0.786. The topological polar surface area (TPSA) is 42.2 Å². The minimum absolute atomic E-state index is 0.596. The van der Waals surface area contributed by atoms with Crippen LogP contribution in [0.25, 0.3) is 5.65 Å². The van der Waals surface area contributed by atoms with Gasteiger partial charge in [0, 0.05) is 31.1 Å². The van der Waals surface area contributed by atoms with E-state index in [4.69, 9.17) is 4.98 Å². The SMILES string of the molecule is c1cn2cc(C3CCCCCCCCC3)nc(NCCC3CCCCCCCCC3)c2n1. The zero-order chi connectivity index (χ0) is 21.8. The van der Waals surface area contributed by atoms with Crippen LogP contribution in [0.2, 0.25) is 0 Å². The summed E-state index contributed by atoms with van der Waals surface area (Å²) >= 11 is 0. The van der Waals surface area contributed by atoms with Crippen molar-refractivity contribution in [2.24, 2.45) is 5.92 Å². The first-order chi connectivity index (χ1) is 15.9. The molecule has 0 bridgehead atoms. The smallest absolute Gasteiger partial charge is 0.180 e. The van der Waals surface area contributed by atoms with Gasteiger partial charge in [0.2, 0.25) is 0 Å². The molecule has 0 unspecified atom stereocenters. The summed E-state index contributed by atoms with van der Waals surface area (Å²) in [6.45, 7) is 1.02. The van der Waals surface area contributed by atoms with E-state index in [-0.39, 0.29) is 0 Å². The van der Waals surface area contributed by atoms with Crippen molar-refractivity contribution >= 4 is 11.5 Å². The number of imidazole rings is 1. The van der Waals surface area contributed by atoms with Crippen molar-refractivity contribution in [1.82, 2.24) is 14.4 Å². The Kier molecular flexibility index (Phi) is 9.73. The first-order valence-electron chi connectivity index (χ1n) is 14.0. The molecule has 2 saturated carbocycles. The molecule has 0 radical (unpaired) electrons. The Labute approximate surface area is 196 Å². The minimum Gasteiger partial charge on any atom is -0.367 e. The number of rotatable bonds is 5. The van der Waals surface area contributed by atoms with Gasteiger partial charge >= 0.3 is 0 Å². The molecule has 0 saturated heterocycles. The summed E-state index contributed by atoms with van der Waals surface area (Å²) in [6, 6.07) is 0. The van der Waals surface area contributed by atoms with Gasteiger partial charge in [-0.1, -0.05) is 103 Å². The van der Waals surface area contributed by atoms with Crippen molar-refractivity contribution in [3.8, 4) is 0 Å². The molecule has 2 fully saturated rings. The van der Waals surface area contributed by atoms with Gasteiger partial charge in [-0.25, -0.2) is 9.97 Å². The van der Waals surface area contributed by atoms with E-state index < -0.39 is 0 Å². The Morgan fingerprint density at radius 3 is 1.94 bits per heavy atom. The largest absolute Gasteiger partial charge is 0.367 e. The summed E-state index contributed by atoms with van der Waals surface area (Å²) in [4.78, 5) is 9.79. The average molecular weight is 439 g/mol. The van der Waals surface area contributed by atoms with Crippen LogP contribution in [0.1, 0.15) is 134 Å². The molecule has 2 aromatic rings. The Morgan fingerprint density at radius 2 is 1.31 bits per heavy atom. The highest BCUT2D eigenvalue weighted by atomic mass is 15.1. The zero-order valence-electron chi connectivity index (χ0n) is 20.4. The second-order valence-electron chi connectivity index (χ2n) is 10.6. The van der Waals surface area contributed by atoms with E-state index in [0.717, 1.165) is 23.9 Å². The van der Waals surface area contributed by atoms with E-state index in [9.17, 15) is 0 Å². The average Bonchev–Trinajstić information content (AvgIpc) is 3.30. The van der Waals surface area contributed by atoms with Crippen molar-refractivity contribution in [3.05, 3.63) is 24.3 Å². The van der Waals surface area contributed by atoms with Crippen LogP contribution in [0.15, 0.2) is 18.6 Å². The van der Waals surface area contributed by atoms with Crippen LogP contribution in [-0.2, 0) is 0 Å².